The first-order valence-electron chi connectivity index (χ1n) is 3.76. The molecule has 0 bridgehead atoms. The second-order valence-corrected chi connectivity index (χ2v) is 2.76. The lowest BCUT2D eigenvalue weighted by Crippen LogP contribution is -2.20. The van der Waals surface area contributed by atoms with E-state index in [1.165, 1.54) is 5.56 Å². The Balaban J connectivity index is 0.00000121. The van der Waals surface area contributed by atoms with Gasteiger partial charge < -0.3 is 11.5 Å². The van der Waals surface area contributed by atoms with Crippen LogP contribution in [0.5, 0.6) is 0 Å². The maximum Gasteiger partial charge on any atom is 0.0419 e. The molecule has 0 saturated heterocycles. The molecule has 1 aromatic rings. The molecule has 1 rings (SSSR count). The number of aryl methyl sites for hydroxylation is 1. The van der Waals surface area contributed by atoms with Gasteiger partial charge in [0, 0.05) is 12.6 Å². The maximum absolute atomic E-state index is 5.74. The van der Waals surface area contributed by atoms with Crippen molar-refractivity contribution in [1.82, 2.24) is 0 Å². The van der Waals surface area contributed by atoms with Crippen molar-refractivity contribution < 1.29 is 0 Å². The predicted molar refractivity (Wildman–Crippen MR) is 54.4 cm³/mol. The van der Waals surface area contributed by atoms with Gasteiger partial charge in [0.1, 0.15) is 0 Å². The van der Waals surface area contributed by atoms with E-state index >= 15 is 0 Å². The first-order chi connectivity index (χ1) is 5.24. The first kappa shape index (κ1) is 11.4. The molecule has 0 saturated carbocycles. The van der Waals surface area contributed by atoms with E-state index in [1.54, 1.807) is 0 Å². The third-order valence-electron chi connectivity index (χ3n) is 1.72. The molecule has 3 heteroatoms. The fourth-order valence-electron chi connectivity index (χ4n) is 1.04. The fourth-order valence-corrected chi connectivity index (χ4v) is 1.04. The Bertz CT molecular complexity index is 238. The van der Waals surface area contributed by atoms with E-state index in [9.17, 15) is 0 Å². The van der Waals surface area contributed by atoms with E-state index in [4.69, 9.17) is 11.5 Å². The van der Waals surface area contributed by atoms with Gasteiger partial charge in [0.25, 0.3) is 0 Å². The zero-order chi connectivity index (χ0) is 8.27. The molecular formula is C9H15ClN2. The number of rotatable bonds is 2. The summed E-state index contributed by atoms with van der Waals surface area (Å²) in [4.78, 5) is 0. The van der Waals surface area contributed by atoms with Crippen molar-refractivity contribution in [1.29, 1.82) is 0 Å². The van der Waals surface area contributed by atoms with Crippen LogP contribution in [0.2, 0.25) is 0 Å². The molecule has 0 aliphatic carbocycles. The Morgan fingerprint density at radius 2 is 2.08 bits per heavy atom. The molecule has 0 radical (unpaired) electrons. The minimum Gasteiger partial charge on any atom is -0.329 e. The van der Waals surface area contributed by atoms with Crippen LogP contribution in [0.1, 0.15) is 17.2 Å². The Morgan fingerprint density at radius 3 is 2.58 bits per heavy atom. The predicted octanol–water partition coefficient (Wildman–Crippen LogP) is 1.38. The normalized spacial score (nSPS) is 11.9. The van der Waals surface area contributed by atoms with Crippen LogP contribution in [0.3, 0.4) is 0 Å². The summed E-state index contributed by atoms with van der Waals surface area (Å²) in [5.74, 6) is 0. The van der Waals surface area contributed by atoms with Crippen LogP contribution in [-0.4, -0.2) is 6.54 Å². The summed E-state index contributed by atoms with van der Waals surface area (Å²) in [6.07, 6.45) is 0. The molecule has 0 aliphatic heterocycles. The smallest absolute Gasteiger partial charge is 0.0419 e. The van der Waals surface area contributed by atoms with Gasteiger partial charge in [-0.2, -0.15) is 0 Å². The highest BCUT2D eigenvalue weighted by Crippen LogP contribution is 2.10. The lowest BCUT2D eigenvalue weighted by atomic mass is 10.1. The Morgan fingerprint density at radius 1 is 1.42 bits per heavy atom. The molecule has 1 aromatic carbocycles. The third kappa shape index (κ3) is 2.81. The van der Waals surface area contributed by atoms with Crippen LogP contribution in [0.25, 0.3) is 0 Å². The second-order valence-electron chi connectivity index (χ2n) is 2.76. The van der Waals surface area contributed by atoms with Crippen molar-refractivity contribution in [2.45, 2.75) is 13.0 Å². The summed E-state index contributed by atoms with van der Waals surface area (Å²) in [6, 6.07) is 8.10. The molecule has 4 N–H and O–H groups in total. The van der Waals surface area contributed by atoms with Crippen molar-refractivity contribution >= 4 is 12.4 Å². The minimum absolute atomic E-state index is 0. The molecule has 0 unspecified atom stereocenters. The van der Waals surface area contributed by atoms with E-state index in [1.807, 2.05) is 25.1 Å². The van der Waals surface area contributed by atoms with Crippen LogP contribution < -0.4 is 11.5 Å². The lowest BCUT2D eigenvalue weighted by molar-refractivity contribution is 0.736. The number of benzene rings is 1. The zero-order valence-corrected chi connectivity index (χ0v) is 7.97. The monoisotopic (exact) mass is 186 g/mol. The lowest BCUT2D eigenvalue weighted by Gasteiger charge is -2.08. The van der Waals surface area contributed by atoms with Gasteiger partial charge in [-0.3, -0.25) is 0 Å². The molecule has 2 nitrogen and oxygen atoms in total. The van der Waals surface area contributed by atoms with Crippen LogP contribution >= 0.6 is 12.4 Å². The molecule has 1 atom stereocenters. The van der Waals surface area contributed by atoms with Crippen molar-refractivity contribution in [3.05, 3.63) is 35.4 Å². The van der Waals surface area contributed by atoms with Crippen molar-refractivity contribution in [2.24, 2.45) is 11.5 Å². The topological polar surface area (TPSA) is 52.0 Å². The molecule has 0 aromatic heterocycles. The van der Waals surface area contributed by atoms with Crippen molar-refractivity contribution in [3.8, 4) is 0 Å². The first-order valence-corrected chi connectivity index (χ1v) is 3.76. The van der Waals surface area contributed by atoms with Gasteiger partial charge in [0.15, 0.2) is 0 Å². The third-order valence-corrected chi connectivity index (χ3v) is 1.72. The molecule has 0 spiro atoms. The van der Waals surface area contributed by atoms with Gasteiger partial charge in [0.2, 0.25) is 0 Å². The molecule has 68 valence electrons. The van der Waals surface area contributed by atoms with Gasteiger partial charge in [0.05, 0.1) is 0 Å². The summed E-state index contributed by atoms with van der Waals surface area (Å²) in [5, 5.41) is 0. The maximum atomic E-state index is 5.74. The fraction of sp³-hybridized carbons (Fsp3) is 0.333. The van der Waals surface area contributed by atoms with Crippen LogP contribution in [-0.2, 0) is 0 Å². The largest absolute Gasteiger partial charge is 0.329 e. The minimum atomic E-state index is -0.0186. The van der Waals surface area contributed by atoms with E-state index in [0.29, 0.717) is 6.54 Å². The molecule has 0 aliphatic rings. The van der Waals surface area contributed by atoms with Gasteiger partial charge >= 0.3 is 0 Å². The molecule has 0 amide bonds. The molecule has 12 heavy (non-hydrogen) atoms. The Labute approximate surface area is 79.4 Å². The second kappa shape index (κ2) is 5.14. The summed E-state index contributed by atoms with van der Waals surface area (Å²) in [5.41, 5.74) is 13.5. The molecule has 0 fully saturated rings. The highest BCUT2D eigenvalue weighted by Gasteiger charge is 2.01. The summed E-state index contributed by atoms with van der Waals surface area (Å²) in [7, 11) is 0. The number of hydrogen-bond acceptors (Lipinski definition) is 2. The highest BCUT2D eigenvalue weighted by atomic mass is 35.5. The van der Waals surface area contributed by atoms with Crippen molar-refractivity contribution in [2.75, 3.05) is 6.54 Å². The van der Waals surface area contributed by atoms with E-state index in [-0.39, 0.29) is 18.4 Å². The zero-order valence-electron chi connectivity index (χ0n) is 7.16. The van der Waals surface area contributed by atoms with Gasteiger partial charge in [-0.1, -0.05) is 29.8 Å². The Kier molecular flexibility index (Phi) is 4.90. The van der Waals surface area contributed by atoms with Gasteiger partial charge in [-0.05, 0) is 12.5 Å². The molecular weight excluding hydrogens is 172 g/mol. The van der Waals surface area contributed by atoms with E-state index < -0.39 is 0 Å². The highest BCUT2D eigenvalue weighted by molar-refractivity contribution is 5.85. The average molecular weight is 187 g/mol. The average Bonchev–Trinajstić information content (AvgIpc) is 2.03. The summed E-state index contributed by atoms with van der Waals surface area (Å²) in [6.45, 7) is 2.55. The Hall–Kier alpha value is -0.570. The molecule has 0 heterocycles. The summed E-state index contributed by atoms with van der Waals surface area (Å²) >= 11 is 0. The van der Waals surface area contributed by atoms with Gasteiger partial charge in [-0.15, -0.1) is 12.4 Å². The van der Waals surface area contributed by atoms with Crippen LogP contribution in [0, 0.1) is 6.92 Å². The SMILES string of the molecule is Cc1cccc([C@@H](N)CN)c1.Cl. The quantitative estimate of drug-likeness (QED) is 0.733. The van der Waals surface area contributed by atoms with Gasteiger partial charge in [-0.25, -0.2) is 0 Å². The van der Waals surface area contributed by atoms with E-state index in [0.717, 1.165) is 5.56 Å². The standard InChI is InChI=1S/C9H14N2.ClH/c1-7-3-2-4-8(5-7)9(11)6-10;/h2-5,9H,6,10-11H2,1H3;1H/t9-;/m0./s1. The van der Waals surface area contributed by atoms with Crippen molar-refractivity contribution in [3.63, 3.8) is 0 Å². The van der Waals surface area contributed by atoms with Crippen LogP contribution in [0.15, 0.2) is 24.3 Å². The number of halogens is 1. The van der Waals surface area contributed by atoms with Crippen LogP contribution in [0.4, 0.5) is 0 Å². The number of hydrogen-bond donors (Lipinski definition) is 2. The summed E-state index contributed by atoms with van der Waals surface area (Å²) < 4.78 is 0. The van der Waals surface area contributed by atoms with E-state index in [2.05, 4.69) is 6.07 Å². The number of nitrogens with two attached hydrogens (primary N) is 2.